The predicted octanol–water partition coefficient (Wildman–Crippen LogP) is 1.15. The molecule has 0 aliphatic rings. The molecule has 0 aromatic heterocycles. The first kappa shape index (κ1) is 16.9. The minimum atomic E-state index is -3.87. The van der Waals surface area contributed by atoms with Crippen molar-refractivity contribution in [3.8, 4) is 0 Å². The Bertz CT molecular complexity index is 612. The van der Waals surface area contributed by atoms with Gasteiger partial charge in [0, 0.05) is 11.6 Å². The molecule has 1 aromatic rings. The van der Waals surface area contributed by atoms with Gasteiger partial charge in [0.25, 0.3) is 0 Å². The lowest BCUT2D eigenvalue weighted by atomic mass is 10.0. The van der Waals surface area contributed by atoms with Gasteiger partial charge >= 0.3 is 5.97 Å². The van der Waals surface area contributed by atoms with E-state index in [4.69, 9.17) is 16.7 Å². The number of hydrogen-bond acceptors (Lipinski definition) is 4. The molecule has 0 spiro atoms. The smallest absolute Gasteiger partial charge is 0.306 e. The predicted molar refractivity (Wildman–Crippen MR) is 74.3 cm³/mol. The molecule has 0 bridgehead atoms. The van der Waals surface area contributed by atoms with E-state index in [9.17, 15) is 18.3 Å². The van der Waals surface area contributed by atoms with E-state index >= 15 is 0 Å². The summed E-state index contributed by atoms with van der Waals surface area (Å²) in [5.74, 6) is -1.21. The molecule has 1 unspecified atom stereocenters. The van der Waals surface area contributed by atoms with Crippen LogP contribution >= 0.6 is 11.6 Å². The molecule has 112 valence electrons. The van der Waals surface area contributed by atoms with Crippen molar-refractivity contribution >= 4 is 27.6 Å². The van der Waals surface area contributed by atoms with E-state index in [0.717, 1.165) is 0 Å². The van der Waals surface area contributed by atoms with E-state index < -0.39 is 34.6 Å². The van der Waals surface area contributed by atoms with E-state index in [2.05, 4.69) is 4.72 Å². The standard InChI is InChI=1S/C12H16ClNO5S/c1-8-3-4-9(13)5-10(8)20(18,19)14-7-12(2,17)6-11(15)16/h3-5,14,17H,6-7H2,1-2H3,(H,15,16). The maximum Gasteiger partial charge on any atom is 0.306 e. The lowest BCUT2D eigenvalue weighted by molar-refractivity contribution is -0.141. The van der Waals surface area contributed by atoms with Crippen molar-refractivity contribution in [2.24, 2.45) is 0 Å². The number of aliphatic carboxylic acids is 1. The normalized spacial score (nSPS) is 14.8. The first-order valence-corrected chi connectivity index (χ1v) is 7.60. The zero-order valence-electron chi connectivity index (χ0n) is 11.1. The third-order valence-electron chi connectivity index (χ3n) is 2.61. The average Bonchev–Trinajstić information content (AvgIpc) is 2.28. The molecule has 6 nitrogen and oxygen atoms in total. The molecule has 0 aliphatic carbocycles. The van der Waals surface area contributed by atoms with E-state index in [-0.39, 0.29) is 9.92 Å². The van der Waals surface area contributed by atoms with E-state index in [1.54, 1.807) is 19.1 Å². The van der Waals surface area contributed by atoms with Crippen molar-refractivity contribution in [2.45, 2.75) is 30.8 Å². The van der Waals surface area contributed by atoms with Crippen LogP contribution in [0.15, 0.2) is 23.1 Å². The van der Waals surface area contributed by atoms with Gasteiger partial charge in [-0.3, -0.25) is 4.79 Å². The molecule has 1 aromatic carbocycles. The Morgan fingerprint density at radius 1 is 1.45 bits per heavy atom. The second kappa shape index (κ2) is 6.09. The Kier molecular flexibility index (Phi) is 5.15. The largest absolute Gasteiger partial charge is 0.481 e. The summed E-state index contributed by atoms with van der Waals surface area (Å²) >= 11 is 5.76. The van der Waals surface area contributed by atoms with Gasteiger partial charge in [0.2, 0.25) is 10.0 Å². The topological polar surface area (TPSA) is 104 Å². The summed E-state index contributed by atoms with van der Waals surface area (Å²) in [5, 5.41) is 18.7. The van der Waals surface area contributed by atoms with Crippen LogP contribution in [0.4, 0.5) is 0 Å². The van der Waals surface area contributed by atoms with Crippen LogP contribution in [0, 0.1) is 6.92 Å². The number of rotatable bonds is 6. The molecule has 1 atom stereocenters. The number of aliphatic hydroxyl groups is 1. The number of carboxylic acids is 1. The number of carboxylic acid groups (broad SMARTS) is 1. The molecule has 0 fully saturated rings. The third kappa shape index (κ3) is 4.75. The van der Waals surface area contributed by atoms with Crippen LogP contribution < -0.4 is 4.72 Å². The van der Waals surface area contributed by atoms with Crippen LogP contribution in [-0.4, -0.2) is 36.7 Å². The van der Waals surface area contributed by atoms with Crippen LogP contribution in [-0.2, 0) is 14.8 Å². The summed E-state index contributed by atoms with van der Waals surface area (Å²) in [7, 11) is -3.87. The molecule has 0 radical (unpaired) electrons. The average molecular weight is 322 g/mol. The van der Waals surface area contributed by atoms with Crippen molar-refractivity contribution in [3.63, 3.8) is 0 Å². The maximum absolute atomic E-state index is 12.1. The lowest BCUT2D eigenvalue weighted by Crippen LogP contribution is -2.42. The monoisotopic (exact) mass is 321 g/mol. The fraction of sp³-hybridized carbons (Fsp3) is 0.417. The van der Waals surface area contributed by atoms with Gasteiger partial charge in [-0.1, -0.05) is 17.7 Å². The lowest BCUT2D eigenvalue weighted by Gasteiger charge is -2.21. The van der Waals surface area contributed by atoms with E-state index in [1.165, 1.54) is 13.0 Å². The maximum atomic E-state index is 12.1. The highest BCUT2D eigenvalue weighted by atomic mass is 35.5. The quantitative estimate of drug-likeness (QED) is 0.729. The van der Waals surface area contributed by atoms with Gasteiger partial charge in [0.05, 0.1) is 16.9 Å². The number of hydrogen-bond donors (Lipinski definition) is 3. The van der Waals surface area contributed by atoms with Gasteiger partial charge in [-0.25, -0.2) is 13.1 Å². The molecule has 0 aliphatic heterocycles. The van der Waals surface area contributed by atoms with Gasteiger partial charge in [0.1, 0.15) is 0 Å². The summed E-state index contributed by atoms with van der Waals surface area (Å²) in [5.41, 5.74) is -1.18. The number of carbonyl (C=O) groups is 1. The van der Waals surface area contributed by atoms with Crippen LogP contribution in [0.1, 0.15) is 18.9 Å². The summed E-state index contributed by atoms with van der Waals surface area (Å²) in [4.78, 5) is 10.5. The Morgan fingerprint density at radius 3 is 2.60 bits per heavy atom. The molecule has 8 heteroatoms. The van der Waals surface area contributed by atoms with E-state index in [0.29, 0.717) is 5.56 Å². The first-order valence-electron chi connectivity index (χ1n) is 5.73. The van der Waals surface area contributed by atoms with Gasteiger partial charge < -0.3 is 10.2 Å². The fourth-order valence-corrected chi connectivity index (χ4v) is 3.25. The Hall–Kier alpha value is -1.15. The number of benzene rings is 1. The van der Waals surface area contributed by atoms with Gasteiger partial charge in [-0.2, -0.15) is 0 Å². The highest BCUT2D eigenvalue weighted by Gasteiger charge is 2.27. The van der Waals surface area contributed by atoms with E-state index in [1.807, 2.05) is 0 Å². The third-order valence-corrected chi connectivity index (χ3v) is 4.39. The summed E-state index contributed by atoms with van der Waals surface area (Å²) in [6.07, 6.45) is -0.565. The Balaban J connectivity index is 2.91. The first-order chi connectivity index (χ1) is 9.03. The SMILES string of the molecule is Cc1ccc(Cl)cc1S(=O)(=O)NCC(C)(O)CC(=O)O. The van der Waals surface area contributed by atoms with Gasteiger partial charge in [-0.05, 0) is 31.5 Å². The summed E-state index contributed by atoms with van der Waals surface area (Å²) in [6.45, 7) is 2.45. The number of halogens is 1. The zero-order chi connectivity index (χ0) is 15.6. The minimum Gasteiger partial charge on any atom is -0.481 e. The van der Waals surface area contributed by atoms with Gasteiger partial charge in [0.15, 0.2) is 0 Å². The van der Waals surface area contributed by atoms with Crippen LogP contribution in [0.3, 0.4) is 0 Å². The van der Waals surface area contributed by atoms with Crippen molar-refractivity contribution in [3.05, 3.63) is 28.8 Å². The fourth-order valence-electron chi connectivity index (χ4n) is 1.58. The highest BCUT2D eigenvalue weighted by Crippen LogP contribution is 2.20. The molecule has 0 saturated carbocycles. The van der Waals surface area contributed by atoms with Crippen molar-refractivity contribution in [1.29, 1.82) is 0 Å². The minimum absolute atomic E-state index is 0.00359. The molecule has 0 heterocycles. The zero-order valence-corrected chi connectivity index (χ0v) is 12.6. The number of nitrogens with one attached hydrogen (secondary N) is 1. The van der Waals surface area contributed by atoms with Crippen molar-refractivity contribution in [2.75, 3.05) is 6.54 Å². The highest BCUT2D eigenvalue weighted by molar-refractivity contribution is 7.89. The summed E-state index contributed by atoms with van der Waals surface area (Å²) < 4.78 is 26.4. The second-order valence-corrected chi connectivity index (χ2v) is 6.97. The van der Waals surface area contributed by atoms with Crippen molar-refractivity contribution in [1.82, 2.24) is 4.72 Å². The number of sulfonamides is 1. The molecular weight excluding hydrogens is 306 g/mol. The molecule has 20 heavy (non-hydrogen) atoms. The summed E-state index contributed by atoms with van der Waals surface area (Å²) in [6, 6.07) is 4.42. The Labute approximate surface area is 122 Å². The van der Waals surface area contributed by atoms with Gasteiger partial charge in [-0.15, -0.1) is 0 Å². The Morgan fingerprint density at radius 2 is 2.05 bits per heavy atom. The molecule has 0 saturated heterocycles. The second-order valence-electron chi connectivity index (χ2n) is 4.80. The van der Waals surface area contributed by atoms with Crippen LogP contribution in [0.25, 0.3) is 0 Å². The molecule has 0 amide bonds. The van der Waals surface area contributed by atoms with Crippen molar-refractivity contribution < 1.29 is 23.4 Å². The number of aryl methyl sites for hydroxylation is 1. The van der Waals surface area contributed by atoms with Crippen LogP contribution in [0.2, 0.25) is 5.02 Å². The molecular formula is C12H16ClNO5S. The molecule has 3 N–H and O–H groups in total. The molecule has 1 rings (SSSR count). The van der Waals surface area contributed by atoms with Crippen LogP contribution in [0.5, 0.6) is 0 Å².